The van der Waals surface area contributed by atoms with Gasteiger partial charge in [0.05, 0.1) is 21.2 Å². The highest BCUT2D eigenvalue weighted by Gasteiger charge is 2.44. The highest BCUT2D eigenvalue weighted by molar-refractivity contribution is 7.94. The Bertz CT molecular complexity index is 2070. The minimum Gasteiger partial charge on any atom is -0.301 e. The van der Waals surface area contributed by atoms with E-state index in [9.17, 15) is 26.4 Å². The third-order valence-electron chi connectivity index (χ3n) is 7.93. The van der Waals surface area contributed by atoms with Crippen LogP contribution in [-0.4, -0.2) is 48.1 Å². The highest BCUT2D eigenvalue weighted by atomic mass is 35.5. The van der Waals surface area contributed by atoms with E-state index in [2.05, 4.69) is 20.6 Å². The number of carbonyl (C=O) groups is 2. The smallest absolute Gasteiger partial charge is 0.247 e. The predicted molar refractivity (Wildman–Crippen MR) is 204 cm³/mol. The van der Waals surface area contributed by atoms with Crippen LogP contribution in [-0.2, 0) is 40.1 Å². The second-order valence-corrected chi connectivity index (χ2v) is 21.8. The van der Waals surface area contributed by atoms with E-state index in [1.54, 1.807) is 25.1 Å². The van der Waals surface area contributed by atoms with Crippen molar-refractivity contribution in [3.63, 3.8) is 0 Å². The molecule has 2 N–H and O–H groups in total. The van der Waals surface area contributed by atoms with Crippen molar-refractivity contribution < 1.29 is 26.4 Å². The van der Waals surface area contributed by atoms with Crippen molar-refractivity contribution in [1.82, 2.24) is 9.97 Å². The zero-order valence-corrected chi connectivity index (χ0v) is 34.2. The molecular weight excluding hydrogens is 736 g/mol. The number of rotatable bonds is 8. The van der Waals surface area contributed by atoms with Gasteiger partial charge in [-0.3, -0.25) is 9.59 Å². The lowest BCUT2D eigenvalue weighted by molar-refractivity contribution is -0.118. The van der Waals surface area contributed by atoms with Crippen LogP contribution in [0.2, 0.25) is 5.02 Å². The molecule has 50 heavy (non-hydrogen) atoms. The van der Waals surface area contributed by atoms with Gasteiger partial charge in [0.1, 0.15) is 9.49 Å². The fourth-order valence-electron chi connectivity index (χ4n) is 4.13. The lowest BCUT2D eigenvalue weighted by Crippen LogP contribution is -2.44. The quantitative estimate of drug-likeness (QED) is 0.182. The number of hydrogen-bond donors (Lipinski definition) is 2. The van der Waals surface area contributed by atoms with E-state index < -0.39 is 41.0 Å². The van der Waals surface area contributed by atoms with Crippen molar-refractivity contribution in [2.24, 2.45) is 0 Å². The molecule has 2 amide bonds. The Balaban J connectivity index is 0.000000270. The first kappa shape index (κ1) is 41.3. The van der Waals surface area contributed by atoms with E-state index in [4.69, 9.17) is 11.6 Å². The van der Waals surface area contributed by atoms with Gasteiger partial charge in [0.25, 0.3) is 0 Å². The Labute approximate surface area is 309 Å². The Morgan fingerprint density at radius 2 is 1.04 bits per heavy atom. The number of thiazole rings is 2. The number of nitrogens with zero attached hydrogens (tertiary/aromatic N) is 2. The van der Waals surface area contributed by atoms with Gasteiger partial charge < -0.3 is 10.6 Å². The Kier molecular flexibility index (Phi) is 12.2. The minimum absolute atomic E-state index is 0.0477. The van der Waals surface area contributed by atoms with Crippen LogP contribution in [0.15, 0.2) is 69.1 Å². The molecule has 0 aliphatic rings. The molecular formula is C35H45ClN4O6S4. The maximum Gasteiger partial charge on any atom is 0.247 e. The molecule has 0 saturated heterocycles. The molecule has 0 spiro atoms. The minimum atomic E-state index is -3.89. The summed E-state index contributed by atoms with van der Waals surface area (Å²) in [4.78, 5) is 34.3. The molecule has 2 aromatic heterocycles. The second-order valence-electron chi connectivity index (χ2n) is 14.7. The zero-order valence-electron chi connectivity index (χ0n) is 30.1. The largest absolute Gasteiger partial charge is 0.301 e. The molecule has 2 heterocycles. The number of sulfone groups is 2. The summed E-state index contributed by atoms with van der Waals surface area (Å²) >= 11 is 8.37. The van der Waals surface area contributed by atoms with Gasteiger partial charge in [-0.1, -0.05) is 71.3 Å². The average molecular weight is 781 g/mol. The number of hydrogen-bond acceptors (Lipinski definition) is 10. The fraction of sp³-hybridized carbons (Fsp3) is 0.429. The monoisotopic (exact) mass is 780 g/mol. The molecule has 0 fully saturated rings. The van der Waals surface area contributed by atoms with Crippen molar-refractivity contribution in [2.45, 2.75) is 106 Å². The van der Waals surface area contributed by atoms with E-state index >= 15 is 0 Å². The van der Waals surface area contributed by atoms with Gasteiger partial charge in [0.2, 0.25) is 11.8 Å². The predicted octanol–water partition coefficient (Wildman–Crippen LogP) is 8.23. The summed E-state index contributed by atoms with van der Waals surface area (Å²) in [6, 6.07) is 12.4. The van der Waals surface area contributed by atoms with Crippen LogP contribution in [0.5, 0.6) is 0 Å². The van der Waals surface area contributed by atoms with Crippen LogP contribution in [0.4, 0.5) is 10.3 Å². The summed E-state index contributed by atoms with van der Waals surface area (Å²) in [5, 5.41) is 10.2. The van der Waals surface area contributed by atoms with Crippen molar-refractivity contribution in [1.29, 1.82) is 0 Å². The molecule has 0 aliphatic carbocycles. The summed E-state index contributed by atoms with van der Waals surface area (Å²) in [5.74, 6) is -1.22. The van der Waals surface area contributed by atoms with Gasteiger partial charge in [-0.25, -0.2) is 26.8 Å². The molecule has 4 aromatic rings. The first-order valence-electron chi connectivity index (χ1n) is 15.6. The normalized spacial score (nSPS) is 12.9. The molecule has 4 rings (SSSR count). The van der Waals surface area contributed by atoms with Crippen molar-refractivity contribution >= 4 is 76.0 Å². The number of aryl methyl sites for hydroxylation is 1. The average Bonchev–Trinajstić information content (AvgIpc) is 3.68. The van der Waals surface area contributed by atoms with Crippen LogP contribution in [0.1, 0.15) is 86.2 Å². The van der Waals surface area contributed by atoms with Crippen molar-refractivity contribution in [3.8, 4) is 0 Å². The third-order valence-corrected chi connectivity index (χ3v) is 14.7. The summed E-state index contributed by atoms with van der Waals surface area (Å²) in [7, 11) is -7.74. The molecule has 0 radical (unpaired) electrons. The standard InChI is InChI=1S/C18H24N2O3S2.C17H21ClN2O3S2/c1-12-9-7-8-10-13(12)25(22,23)18(5,6)15(21)20-16-19-14(11-24-16)17(2,3)4;1-16(2,3)13-10-24-15(19-13)20-14(21)17(4,5)25(22,23)12-8-6-11(18)7-9-12/h7-11H,1-6H3,(H,19,20,21);6-10H,1-5H3,(H,19,20,21). The molecule has 10 nitrogen and oxygen atoms in total. The number of anilines is 2. The molecule has 0 aliphatic heterocycles. The van der Waals surface area contributed by atoms with Gasteiger partial charge in [-0.2, -0.15) is 0 Å². The first-order chi connectivity index (χ1) is 22.7. The molecule has 272 valence electrons. The van der Waals surface area contributed by atoms with Crippen LogP contribution in [0, 0.1) is 6.92 Å². The van der Waals surface area contributed by atoms with Gasteiger partial charge in [0.15, 0.2) is 29.9 Å². The van der Waals surface area contributed by atoms with Crippen LogP contribution >= 0.6 is 34.3 Å². The SMILES string of the molecule is CC(C)(C)c1csc(NC(=O)C(C)(C)S(=O)(=O)c2ccc(Cl)cc2)n1.Cc1ccccc1S(=O)(=O)C(C)(C)C(=O)Nc1nc(C(C)(C)C)cs1. The number of benzene rings is 2. The number of amides is 2. The second kappa shape index (κ2) is 14.8. The molecule has 15 heteroatoms. The lowest BCUT2D eigenvalue weighted by Gasteiger charge is -2.24. The van der Waals surface area contributed by atoms with Crippen LogP contribution < -0.4 is 10.6 Å². The molecule has 0 unspecified atom stereocenters. The van der Waals surface area contributed by atoms with Gasteiger partial charge in [-0.05, 0) is 70.5 Å². The fourth-order valence-corrected chi connectivity index (χ4v) is 9.10. The zero-order chi connectivity index (χ0) is 38.1. The molecule has 0 saturated carbocycles. The molecule has 0 atom stereocenters. The lowest BCUT2D eigenvalue weighted by atomic mass is 9.93. The Hall–Kier alpha value is -3.17. The number of halogens is 1. The van der Waals surface area contributed by atoms with Crippen LogP contribution in [0.25, 0.3) is 0 Å². The molecule has 2 aromatic carbocycles. The molecule has 0 bridgehead atoms. The first-order valence-corrected chi connectivity index (χ1v) is 20.7. The van der Waals surface area contributed by atoms with E-state index in [-0.39, 0.29) is 20.6 Å². The van der Waals surface area contributed by atoms with E-state index in [0.717, 1.165) is 11.4 Å². The summed E-state index contributed by atoms with van der Waals surface area (Å²) < 4.78 is 48.4. The van der Waals surface area contributed by atoms with E-state index in [1.165, 1.54) is 80.7 Å². The van der Waals surface area contributed by atoms with E-state index in [1.807, 2.05) is 52.3 Å². The summed E-state index contributed by atoms with van der Waals surface area (Å²) in [6.45, 7) is 19.5. The van der Waals surface area contributed by atoms with Gasteiger partial charge >= 0.3 is 0 Å². The summed E-state index contributed by atoms with van der Waals surface area (Å²) in [5.41, 5.74) is 2.03. The van der Waals surface area contributed by atoms with Gasteiger partial charge in [0, 0.05) is 26.6 Å². The van der Waals surface area contributed by atoms with Gasteiger partial charge in [-0.15, -0.1) is 22.7 Å². The summed E-state index contributed by atoms with van der Waals surface area (Å²) in [6.07, 6.45) is 0. The van der Waals surface area contributed by atoms with Crippen LogP contribution in [0.3, 0.4) is 0 Å². The maximum absolute atomic E-state index is 13.0. The van der Waals surface area contributed by atoms with Crippen molar-refractivity contribution in [3.05, 3.63) is 81.3 Å². The topological polar surface area (TPSA) is 152 Å². The van der Waals surface area contributed by atoms with E-state index in [0.29, 0.717) is 20.8 Å². The third kappa shape index (κ3) is 9.00. The Morgan fingerprint density at radius 1 is 0.640 bits per heavy atom. The highest BCUT2D eigenvalue weighted by Crippen LogP contribution is 2.32. The number of carbonyl (C=O) groups excluding carboxylic acids is 2. The van der Waals surface area contributed by atoms with Crippen molar-refractivity contribution in [2.75, 3.05) is 10.6 Å². The maximum atomic E-state index is 13.0. The number of aromatic nitrogens is 2. The number of nitrogens with one attached hydrogen (secondary N) is 2. The Morgan fingerprint density at radius 3 is 1.42 bits per heavy atom.